The van der Waals surface area contributed by atoms with Crippen LogP contribution in [-0.2, 0) is 6.61 Å². The molecule has 0 saturated heterocycles. The van der Waals surface area contributed by atoms with Gasteiger partial charge in [-0.2, -0.15) is 9.78 Å². The van der Waals surface area contributed by atoms with Gasteiger partial charge in [-0.05, 0) is 61.0 Å². The number of ether oxygens (including phenoxy) is 1. The Morgan fingerprint density at radius 1 is 1.06 bits per heavy atom. The number of benzene rings is 3. The van der Waals surface area contributed by atoms with Gasteiger partial charge in [0.25, 0.3) is 5.56 Å². The monoisotopic (exact) mass is 549 g/mol. The molecule has 0 fully saturated rings. The van der Waals surface area contributed by atoms with E-state index in [4.69, 9.17) is 39.5 Å². The maximum Gasteiger partial charge on any atom is 0.282 e. The van der Waals surface area contributed by atoms with Crippen molar-refractivity contribution in [3.05, 3.63) is 101 Å². The Bertz CT molecular complexity index is 1420. The third-order valence-corrected chi connectivity index (χ3v) is 6.02. The van der Waals surface area contributed by atoms with Gasteiger partial charge in [0.15, 0.2) is 0 Å². The highest BCUT2D eigenvalue weighted by Gasteiger charge is 2.09. The third-order valence-electron chi connectivity index (χ3n) is 4.65. The summed E-state index contributed by atoms with van der Waals surface area (Å²) in [4.78, 5) is 17.3. The van der Waals surface area contributed by atoms with Crippen LogP contribution in [-0.4, -0.2) is 15.9 Å². The van der Waals surface area contributed by atoms with Crippen molar-refractivity contribution < 1.29 is 4.74 Å². The van der Waals surface area contributed by atoms with Gasteiger partial charge >= 0.3 is 0 Å². The first kappa shape index (κ1) is 22.8. The van der Waals surface area contributed by atoms with Crippen LogP contribution in [0.1, 0.15) is 17.0 Å². The van der Waals surface area contributed by atoms with Crippen molar-refractivity contribution in [1.82, 2.24) is 9.66 Å². The number of fused-ring (bicyclic) bond motifs is 1. The van der Waals surface area contributed by atoms with E-state index in [1.54, 1.807) is 61.7 Å². The van der Waals surface area contributed by atoms with E-state index in [-0.39, 0.29) is 12.2 Å². The molecule has 5 nitrogen and oxygen atoms in total. The smallest absolute Gasteiger partial charge is 0.282 e. The first-order valence-corrected chi connectivity index (χ1v) is 11.3. The second kappa shape index (κ2) is 9.63. The Hall–Kier alpha value is -2.38. The van der Waals surface area contributed by atoms with Crippen molar-refractivity contribution in [2.24, 2.45) is 5.10 Å². The van der Waals surface area contributed by atoms with Crippen molar-refractivity contribution in [3.63, 3.8) is 0 Å². The van der Waals surface area contributed by atoms with Crippen LogP contribution in [0.2, 0.25) is 15.1 Å². The SMILES string of the molecule is Cc1nc2ccc(Br)cc2c(=O)n1N=Cc1ccc(OCc2ccc(Cl)cc2Cl)c(Cl)c1. The number of hydrogen-bond donors (Lipinski definition) is 0. The molecule has 9 heteroatoms. The van der Waals surface area contributed by atoms with E-state index in [1.165, 1.54) is 4.68 Å². The predicted octanol–water partition coefficient (Wildman–Crippen LogP) is 6.89. The van der Waals surface area contributed by atoms with E-state index in [1.807, 2.05) is 6.07 Å². The summed E-state index contributed by atoms with van der Waals surface area (Å²) in [6.07, 6.45) is 1.55. The number of aryl methyl sites for hydroxylation is 1. The molecule has 3 aromatic carbocycles. The van der Waals surface area contributed by atoms with Crippen LogP contribution in [0.5, 0.6) is 5.75 Å². The minimum Gasteiger partial charge on any atom is -0.487 e. The number of halogens is 4. The average molecular weight is 552 g/mol. The van der Waals surface area contributed by atoms with E-state index < -0.39 is 0 Å². The van der Waals surface area contributed by atoms with Crippen LogP contribution in [0.3, 0.4) is 0 Å². The lowest BCUT2D eigenvalue weighted by molar-refractivity contribution is 0.306. The van der Waals surface area contributed by atoms with Crippen molar-refractivity contribution >= 4 is 67.9 Å². The zero-order chi connectivity index (χ0) is 22.8. The summed E-state index contributed by atoms with van der Waals surface area (Å²) in [6, 6.07) is 15.8. The largest absolute Gasteiger partial charge is 0.487 e. The lowest BCUT2D eigenvalue weighted by Crippen LogP contribution is -2.20. The van der Waals surface area contributed by atoms with Crippen LogP contribution in [0, 0.1) is 6.92 Å². The highest BCUT2D eigenvalue weighted by Crippen LogP contribution is 2.28. The molecule has 0 aliphatic heterocycles. The molecular formula is C23H15BrCl3N3O2. The van der Waals surface area contributed by atoms with Gasteiger partial charge in [0.05, 0.1) is 22.1 Å². The number of rotatable bonds is 5. The molecule has 0 bridgehead atoms. The molecule has 0 aliphatic rings. The minimum absolute atomic E-state index is 0.246. The molecule has 0 amide bonds. The maximum atomic E-state index is 12.8. The van der Waals surface area contributed by atoms with Gasteiger partial charge in [-0.15, -0.1) is 0 Å². The Balaban J connectivity index is 1.55. The summed E-state index contributed by atoms with van der Waals surface area (Å²) in [5.41, 5.74) is 1.86. The fraction of sp³-hybridized carbons (Fsp3) is 0.0870. The molecular weight excluding hydrogens is 537 g/mol. The summed E-state index contributed by atoms with van der Waals surface area (Å²) in [7, 11) is 0. The van der Waals surface area contributed by atoms with Gasteiger partial charge in [-0.3, -0.25) is 4.79 Å². The maximum absolute atomic E-state index is 12.8. The summed E-state index contributed by atoms with van der Waals surface area (Å²) in [5.74, 6) is 0.979. The van der Waals surface area contributed by atoms with Gasteiger partial charge in [0.1, 0.15) is 18.2 Å². The Morgan fingerprint density at radius 2 is 1.88 bits per heavy atom. The zero-order valence-electron chi connectivity index (χ0n) is 16.7. The highest BCUT2D eigenvalue weighted by atomic mass is 79.9. The summed E-state index contributed by atoms with van der Waals surface area (Å²) < 4.78 is 7.84. The van der Waals surface area contributed by atoms with Crippen molar-refractivity contribution in [2.45, 2.75) is 13.5 Å². The average Bonchev–Trinajstić information content (AvgIpc) is 2.74. The van der Waals surface area contributed by atoms with E-state index in [0.29, 0.717) is 43.1 Å². The molecule has 0 N–H and O–H groups in total. The normalized spacial score (nSPS) is 11.4. The topological polar surface area (TPSA) is 56.5 Å². The van der Waals surface area contributed by atoms with Crippen LogP contribution < -0.4 is 10.3 Å². The van der Waals surface area contributed by atoms with Gasteiger partial charge in [-0.1, -0.05) is 56.8 Å². The third kappa shape index (κ3) is 4.99. The molecule has 0 aliphatic carbocycles. The molecule has 0 saturated carbocycles. The quantitative estimate of drug-likeness (QED) is 0.254. The molecule has 4 rings (SSSR count). The summed E-state index contributed by atoms with van der Waals surface area (Å²) in [5, 5.41) is 6.28. The standard InChI is InChI=1S/C23H15BrCl3N3O2/c1-13-29-21-6-4-16(24)9-18(21)23(31)30(13)28-11-14-2-7-22(20(27)8-14)32-12-15-3-5-17(25)10-19(15)26/h2-11H,12H2,1H3. The van der Waals surface area contributed by atoms with E-state index in [9.17, 15) is 4.79 Å². The second-order valence-electron chi connectivity index (χ2n) is 6.90. The van der Waals surface area contributed by atoms with E-state index in [0.717, 1.165) is 10.0 Å². The Labute approximate surface area is 207 Å². The molecule has 4 aromatic rings. The van der Waals surface area contributed by atoms with Crippen molar-refractivity contribution in [2.75, 3.05) is 0 Å². The van der Waals surface area contributed by atoms with E-state index in [2.05, 4.69) is 26.0 Å². The molecule has 162 valence electrons. The first-order valence-electron chi connectivity index (χ1n) is 9.41. The summed E-state index contributed by atoms with van der Waals surface area (Å²) in [6.45, 7) is 1.97. The molecule has 0 unspecified atom stereocenters. The van der Waals surface area contributed by atoms with Crippen molar-refractivity contribution in [1.29, 1.82) is 0 Å². The fourth-order valence-electron chi connectivity index (χ4n) is 3.03. The molecule has 0 radical (unpaired) electrons. The number of aromatic nitrogens is 2. The lowest BCUT2D eigenvalue weighted by Gasteiger charge is -2.10. The lowest BCUT2D eigenvalue weighted by atomic mass is 10.2. The molecule has 0 atom stereocenters. The minimum atomic E-state index is -0.254. The van der Waals surface area contributed by atoms with Crippen LogP contribution >= 0.6 is 50.7 Å². The van der Waals surface area contributed by atoms with Crippen LogP contribution in [0.15, 0.2) is 69.0 Å². The molecule has 0 spiro atoms. The summed E-state index contributed by atoms with van der Waals surface area (Å²) >= 11 is 21.9. The first-order chi connectivity index (χ1) is 15.3. The van der Waals surface area contributed by atoms with Crippen molar-refractivity contribution in [3.8, 4) is 5.75 Å². The van der Waals surface area contributed by atoms with Gasteiger partial charge in [0, 0.05) is 20.1 Å². The molecule has 32 heavy (non-hydrogen) atoms. The Morgan fingerprint density at radius 3 is 2.62 bits per heavy atom. The molecule has 1 heterocycles. The fourth-order valence-corrected chi connectivity index (χ4v) is 4.10. The number of nitrogens with zero attached hydrogens (tertiary/aromatic N) is 3. The van der Waals surface area contributed by atoms with E-state index >= 15 is 0 Å². The molecule has 1 aromatic heterocycles. The Kier molecular flexibility index (Phi) is 6.86. The van der Waals surface area contributed by atoms with Gasteiger partial charge < -0.3 is 4.74 Å². The van der Waals surface area contributed by atoms with Gasteiger partial charge in [0.2, 0.25) is 0 Å². The van der Waals surface area contributed by atoms with Crippen LogP contribution in [0.25, 0.3) is 10.9 Å². The second-order valence-corrected chi connectivity index (χ2v) is 9.06. The predicted molar refractivity (Wildman–Crippen MR) is 134 cm³/mol. The zero-order valence-corrected chi connectivity index (χ0v) is 20.5. The highest BCUT2D eigenvalue weighted by molar-refractivity contribution is 9.10. The van der Waals surface area contributed by atoms with Crippen LogP contribution in [0.4, 0.5) is 0 Å². The number of hydrogen-bond acceptors (Lipinski definition) is 4. The van der Waals surface area contributed by atoms with Gasteiger partial charge in [-0.25, -0.2) is 4.98 Å².